The lowest BCUT2D eigenvalue weighted by Gasteiger charge is -2.10. The van der Waals surface area contributed by atoms with Gasteiger partial charge in [0.05, 0.1) is 10.0 Å². The molecule has 0 radical (unpaired) electrons. The molecule has 0 bridgehead atoms. The average molecular weight is 294 g/mol. The molecular weight excluding hydrogens is 281 g/mol. The lowest BCUT2D eigenvalue weighted by atomic mass is 10.4. The highest BCUT2D eigenvalue weighted by Gasteiger charge is 2.04. The maximum absolute atomic E-state index is 5.94. The van der Waals surface area contributed by atoms with Crippen LogP contribution >= 0.6 is 35.4 Å². The summed E-state index contributed by atoms with van der Waals surface area (Å²) in [6.07, 6.45) is 2.38. The smallest absolute Gasteiger partial charge is 0.171 e. The van der Waals surface area contributed by atoms with Gasteiger partial charge in [-0.3, -0.25) is 0 Å². The fourth-order valence-corrected chi connectivity index (χ4v) is 1.70. The third-order valence-electron chi connectivity index (χ3n) is 1.85. The molecule has 0 unspecified atom stereocenters. The lowest BCUT2D eigenvalue weighted by molar-refractivity contribution is 0.196. The van der Waals surface area contributed by atoms with Gasteiger partial charge in [0.15, 0.2) is 10.9 Å². The highest BCUT2D eigenvalue weighted by molar-refractivity contribution is 7.80. The Morgan fingerprint density at radius 3 is 2.94 bits per heavy atom. The van der Waals surface area contributed by atoms with Gasteiger partial charge in [-0.25, -0.2) is 4.98 Å². The number of anilines is 1. The second kappa shape index (κ2) is 7.66. The third-order valence-corrected chi connectivity index (χ3v) is 2.59. The Balaban J connectivity index is 2.40. The van der Waals surface area contributed by atoms with Crippen LogP contribution in [0.2, 0.25) is 10.0 Å². The highest BCUT2D eigenvalue weighted by atomic mass is 35.5. The summed E-state index contributed by atoms with van der Waals surface area (Å²) >= 11 is 16.8. The van der Waals surface area contributed by atoms with E-state index in [9.17, 15) is 0 Å². The van der Waals surface area contributed by atoms with Crippen LogP contribution in [-0.2, 0) is 4.74 Å². The van der Waals surface area contributed by atoms with Crippen molar-refractivity contribution in [1.29, 1.82) is 0 Å². The Bertz CT molecular complexity index is 390. The van der Waals surface area contributed by atoms with Crippen LogP contribution in [0.3, 0.4) is 0 Å². The van der Waals surface area contributed by atoms with E-state index < -0.39 is 0 Å². The molecule has 0 fully saturated rings. The molecule has 0 amide bonds. The number of nitrogens with zero attached hydrogens (tertiary/aromatic N) is 1. The Labute approximate surface area is 116 Å². The Morgan fingerprint density at radius 1 is 1.53 bits per heavy atom. The van der Waals surface area contributed by atoms with Gasteiger partial charge in [0.1, 0.15) is 0 Å². The van der Waals surface area contributed by atoms with E-state index in [1.54, 1.807) is 13.2 Å². The second-order valence-electron chi connectivity index (χ2n) is 3.21. The standard InChI is InChI=1S/C10H13Cl2N3OS/c1-16-4-2-3-13-10(17)15-9-8(12)5-7(11)6-14-9/h5-6H,2-4H2,1H3,(H2,13,14,15,17). The number of thiocarbonyl (C=S) groups is 1. The molecule has 0 aliphatic carbocycles. The largest absolute Gasteiger partial charge is 0.385 e. The van der Waals surface area contributed by atoms with E-state index in [4.69, 9.17) is 40.2 Å². The molecule has 1 heterocycles. The minimum atomic E-state index is 0.429. The first-order valence-corrected chi connectivity index (χ1v) is 6.14. The zero-order valence-corrected chi connectivity index (χ0v) is 11.6. The molecule has 1 aromatic heterocycles. The monoisotopic (exact) mass is 293 g/mol. The number of hydrogen-bond donors (Lipinski definition) is 2. The molecule has 2 N–H and O–H groups in total. The van der Waals surface area contributed by atoms with Crippen LogP contribution in [0.15, 0.2) is 12.3 Å². The second-order valence-corrected chi connectivity index (χ2v) is 4.46. The summed E-state index contributed by atoms with van der Waals surface area (Å²) in [6.45, 7) is 1.42. The highest BCUT2D eigenvalue weighted by Crippen LogP contribution is 2.22. The van der Waals surface area contributed by atoms with Gasteiger partial charge < -0.3 is 15.4 Å². The number of rotatable bonds is 5. The molecule has 94 valence electrons. The summed E-state index contributed by atoms with van der Waals surface area (Å²) in [6, 6.07) is 1.60. The van der Waals surface area contributed by atoms with Crippen LogP contribution < -0.4 is 10.6 Å². The summed E-state index contributed by atoms with van der Waals surface area (Å²) in [5, 5.41) is 7.29. The van der Waals surface area contributed by atoms with Crippen molar-refractivity contribution in [3.05, 3.63) is 22.3 Å². The summed E-state index contributed by atoms with van der Waals surface area (Å²) in [4.78, 5) is 4.04. The molecule has 0 atom stereocenters. The molecular formula is C10H13Cl2N3OS. The quantitative estimate of drug-likeness (QED) is 0.646. The first-order chi connectivity index (χ1) is 8.13. The van der Waals surface area contributed by atoms with E-state index in [0.29, 0.717) is 27.6 Å². The average Bonchev–Trinajstić information content (AvgIpc) is 2.28. The minimum Gasteiger partial charge on any atom is -0.385 e. The van der Waals surface area contributed by atoms with Gasteiger partial charge in [-0.05, 0) is 24.7 Å². The molecule has 7 heteroatoms. The molecule has 0 aliphatic heterocycles. The Hall–Kier alpha value is -0.620. The maximum Gasteiger partial charge on any atom is 0.171 e. The molecule has 0 saturated carbocycles. The predicted octanol–water partition coefficient (Wildman–Crippen LogP) is 2.71. The van der Waals surface area contributed by atoms with Gasteiger partial charge >= 0.3 is 0 Å². The number of halogens is 2. The van der Waals surface area contributed by atoms with Gasteiger partial charge in [-0.2, -0.15) is 0 Å². The molecule has 0 spiro atoms. The van der Waals surface area contributed by atoms with E-state index in [2.05, 4.69) is 15.6 Å². The zero-order valence-electron chi connectivity index (χ0n) is 9.30. The molecule has 4 nitrogen and oxygen atoms in total. The SMILES string of the molecule is COCCCNC(=S)Nc1ncc(Cl)cc1Cl. The summed E-state index contributed by atoms with van der Waals surface area (Å²) < 4.78 is 4.92. The van der Waals surface area contributed by atoms with Gasteiger partial charge in [-0.15, -0.1) is 0 Å². The normalized spacial score (nSPS) is 10.1. The van der Waals surface area contributed by atoms with E-state index in [1.807, 2.05) is 0 Å². The van der Waals surface area contributed by atoms with Gasteiger partial charge in [0.25, 0.3) is 0 Å². The van der Waals surface area contributed by atoms with E-state index >= 15 is 0 Å². The van der Waals surface area contributed by atoms with Crippen molar-refractivity contribution in [2.75, 3.05) is 25.6 Å². The van der Waals surface area contributed by atoms with Gasteiger partial charge in [0, 0.05) is 26.5 Å². The molecule has 0 aliphatic rings. The number of hydrogen-bond acceptors (Lipinski definition) is 3. The first-order valence-electron chi connectivity index (χ1n) is 4.98. The number of aromatic nitrogens is 1. The van der Waals surface area contributed by atoms with Crippen LogP contribution in [0.25, 0.3) is 0 Å². The Kier molecular flexibility index (Phi) is 6.50. The van der Waals surface area contributed by atoms with Crippen molar-refractivity contribution in [3.8, 4) is 0 Å². The van der Waals surface area contributed by atoms with Crippen molar-refractivity contribution in [2.24, 2.45) is 0 Å². The van der Waals surface area contributed by atoms with Crippen molar-refractivity contribution in [1.82, 2.24) is 10.3 Å². The van der Waals surface area contributed by atoms with Crippen molar-refractivity contribution >= 4 is 46.4 Å². The Morgan fingerprint density at radius 2 is 2.29 bits per heavy atom. The van der Waals surface area contributed by atoms with Crippen LogP contribution in [-0.4, -0.2) is 30.4 Å². The van der Waals surface area contributed by atoms with Gasteiger partial charge in [0.2, 0.25) is 0 Å². The summed E-state index contributed by atoms with van der Waals surface area (Å²) in [7, 11) is 1.66. The molecule has 1 rings (SSSR count). The van der Waals surface area contributed by atoms with Crippen molar-refractivity contribution in [3.63, 3.8) is 0 Å². The van der Waals surface area contributed by atoms with Crippen LogP contribution in [0.5, 0.6) is 0 Å². The van der Waals surface area contributed by atoms with Gasteiger partial charge in [-0.1, -0.05) is 23.2 Å². The third kappa shape index (κ3) is 5.50. The first kappa shape index (κ1) is 14.4. The molecule has 1 aromatic rings. The number of methoxy groups -OCH3 is 1. The van der Waals surface area contributed by atoms with E-state index in [-0.39, 0.29) is 0 Å². The van der Waals surface area contributed by atoms with Crippen molar-refractivity contribution < 1.29 is 4.74 Å². The topological polar surface area (TPSA) is 46.2 Å². The van der Waals surface area contributed by atoms with Crippen LogP contribution in [0.1, 0.15) is 6.42 Å². The zero-order chi connectivity index (χ0) is 12.7. The number of ether oxygens (including phenoxy) is 1. The van der Waals surface area contributed by atoms with E-state index in [1.165, 1.54) is 6.20 Å². The fraction of sp³-hybridized carbons (Fsp3) is 0.400. The molecule has 0 saturated heterocycles. The molecule has 17 heavy (non-hydrogen) atoms. The van der Waals surface area contributed by atoms with Crippen molar-refractivity contribution in [2.45, 2.75) is 6.42 Å². The summed E-state index contributed by atoms with van der Waals surface area (Å²) in [5.41, 5.74) is 0. The lowest BCUT2D eigenvalue weighted by Crippen LogP contribution is -2.30. The predicted molar refractivity (Wildman–Crippen MR) is 75.0 cm³/mol. The van der Waals surface area contributed by atoms with Crippen LogP contribution in [0, 0.1) is 0 Å². The van der Waals surface area contributed by atoms with E-state index in [0.717, 1.165) is 13.0 Å². The van der Waals surface area contributed by atoms with Crippen LogP contribution in [0.4, 0.5) is 5.82 Å². The minimum absolute atomic E-state index is 0.429. The molecule has 0 aromatic carbocycles. The number of nitrogens with one attached hydrogen (secondary N) is 2. The summed E-state index contributed by atoms with van der Waals surface area (Å²) in [5.74, 6) is 0.486. The number of pyridine rings is 1. The maximum atomic E-state index is 5.94. The fourth-order valence-electron chi connectivity index (χ4n) is 1.08.